The van der Waals surface area contributed by atoms with Crippen molar-refractivity contribution in [2.75, 3.05) is 34.7 Å². The molecule has 5 rings (SSSR count). The van der Waals surface area contributed by atoms with E-state index in [2.05, 4.69) is 31.4 Å². The van der Waals surface area contributed by atoms with E-state index >= 15 is 0 Å². The highest BCUT2D eigenvalue weighted by Gasteiger charge is 2.29. The van der Waals surface area contributed by atoms with Gasteiger partial charge in [-0.25, -0.2) is 12.8 Å². The van der Waals surface area contributed by atoms with Crippen LogP contribution in [0.5, 0.6) is 11.5 Å². The quantitative estimate of drug-likeness (QED) is 0.252. The van der Waals surface area contributed by atoms with Gasteiger partial charge in [0.2, 0.25) is 5.91 Å². The Labute approximate surface area is 255 Å². The summed E-state index contributed by atoms with van der Waals surface area (Å²) in [4.78, 5) is 25.9. The number of carbonyl (C=O) groups is 2. The van der Waals surface area contributed by atoms with Crippen molar-refractivity contribution in [3.63, 3.8) is 0 Å². The van der Waals surface area contributed by atoms with Crippen molar-refractivity contribution in [3.8, 4) is 11.5 Å². The number of amides is 2. The topological polar surface area (TPSA) is 114 Å². The van der Waals surface area contributed by atoms with Crippen molar-refractivity contribution < 1.29 is 31.9 Å². The van der Waals surface area contributed by atoms with Crippen LogP contribution in [0.1, 0.15) is 36.7 Å². The van der Waals surface area contributed by atoms with Crippen molar-refractivity contribution in [1.82, 2.24) is 0 Å². The molecule has 1 heterocycles. The van der Waals surface area contributed by atoms with Crippen LogP contribution >= 0.6 is 0 Å². The lowest BCUT2D eigenvalue weighted by molar-refractivity contribution is -0.114. The van der Waals surface area contributed by atoms with E-state index in [9.17, 15) is 22.4 Å². The molecule has 9 nitrogen and oxygen atoms in total. The smallest absolute Gasteiger partial charge is 0.264 e. The van der Waals surface area contributed by atoms with E-state index in [4.69, 9.17) is 9.47 Å². The van der Waals surface area contributed by atoms with Crippen LogP contribution in [0.4, 0.5) is 21.5 Å². The molecule has 228 valence electrons. The van der Waals surface area contributed by atoms with Crippen molar-refractivity contribution >= 4 is 38.9 Å². The molecule has 1 aliphatic rings. The highest BCUT2D eigenvalue weighted by atomic mass is 32.2. The van der Waals surface area contributed by atoms with Crippen molar-refractivity contribution in [3.05, 3.63) is 108 Å². The highest BCUT2D eigenvalue weighted by Crippen LogP contribution is 2.34. The van der Waals surface area contributed by atoms with Gasteiger partial charge in [0, 0.05) is 23.0 Å². The van der Waals surface area contributed by atoms with Gasteiger partial charge in [0.05, 0.1) is 10.6 Å². The number of anilines is 3. The second-order valence-corrected chi connectivity index (χ2v) is 13.1. The first-order chi connectivity index (χ1) is 20.9. The lowest BCUT2D eigenvalue weighted by Gasteiger charge is -2.25. The van der Waals surface area contributed by atoms with E-state index in [0.717, 1.165) is 22.0 Å². The molecule has 44 heavy (non-hydrogen) atoms. The fourth-order valence-corrected chi connectivity index (χ4v) is 6.00. The van der Waals surface area contributed by atoms with Crippen molar-refractivity contribution in [2.24, 2.45) is 0 Å². The Hall–Kier alpha value is -4.90. The number of hydrogen-bond donors (Lipinski definition) is 2. The fourth-order valence-electron chi connectivity index (χ4n) is 4.56. The first-order valence-corrected chi connectivity index (χ1v) is 15.3. The Morgan fingerprint density at radius 2 is 1.45 bits per heavy atom. The molecule has 4 aromatic rings. The number of fused-ring (bicyclic) bond motifs is 1. The molecule has 0 atom stereocenters. The minimum absolute atomic E-state index is 0.0446. The second kappa shape index (κ2) is 12.4. The van der Waals surface area contributed by atoms with Crippen LogP contribution in [-0.2, 0) is 20.2 Å². The van der Waals surface area contributed by atoms with Gasteiger partial charge < -0.3 is 20.1 Å². The van der Waals surface area contributed by atoms with Crippen LogP contribution in [0.15, 0.2) is 95.9 Å². The lowest BCUT2D eigenvalue weighted by Crippen LogP contribution is -2.38. The zero-order valence-corrected chi connectivity index (χ0v) is 25.3. The summed E-state index contributed by atoms with van der Waals surface area (Å²) in [5.41, 5.74) is 2.40. The van der Waals surface area contributed by atoms with Gasteiger partial charge in [-0.3, -0.25) is 13.9 Å². The van der Waals surface area contributed by atoms with E-state index in [-0.39, 0.29) is 34.3 Å². The van der Waals surface area contributed by atoms with Crippen LogP contribution < -0.4 is 24.4 Å². The molecule has 0 saturated heterocycles. The molecule has 1 aliphatic heterocycles. The van der Waals surface area contributed by atoms with Crippen LogP contribution in [0.25, 0.3) is 0 Å². The third kappa shape index (κ3) is 7.00. The van der Waals surface area contributed by atoms with Gasteiger partial charge in [-0.15, -0.1) is 0 Å². The Kier molecular flexibility index (Phi) is 8.59. The van der Waals surface area contributed by atoms with E-state index in [1.54, 1.807) is 36.4 Å². The summed E-state index contributed by atoms with van der Waals surface area (Å²) in [5.74, 6) is -0.850. The Morgan fingerprint density at radius 1 is 0.818 bits per heavy atom. The fraction of sp³-hybridized carbons (Fsp3) is 0.212. The van der Waals surface area contributed by atoms with Gasteiger partial charge in [-0.1, -0.05) is 39.0 Å². The number of carbonyl (C=O) groups excluding carboxylic acids is 2. The summed E-state index contributed by atoms with van der Waals surface area (Å²) >= 11 is 0. The summed E-state index contributed by atoms with van der Waals surface area (Å²) < 4.78 is 53.2. The number of hydrogen-bond acceptors (Lipinski definition) is 6. The van der Waals surface area contributed by atoms with E-state index < -0.39 is 28.3 Å². The minimum Gasteiger partial charge on any atom is -0.486 e. The third-order valence-electron chi connectivity index (χ3n) is 6.92. The largest absolute Gasteiger partial charge is 0.486 e. The van der Waals surface area contributed by atoms with Crippen LogP contribution in [0.3, 0.4) is 0 Å². The minimum atomic E-state index is -4.30. The van der Waals surface area contributed by atoms with Gasteiger partial charge in [-0.05, 0) is 77.7 Å². The maximum absolute atomic E-state index is 13.8. The number of nitrogens with one attached hydrogen (secondary N) is 2. The first kappa shape index (κ1) is 30.6. The summed E-state index contributed by atoms with van der Waals surface area (Å²) in [6.45, 7) is 6.27. The summed E-state index contributed by atoms with van der Waals surface area (Å²) in [5, 5.41) is 5.51. The lowest BCUT2D eigenvalue weighted by atomic mass is 9.87. The molecule has 0 saturated carbocycles. The zero-order chi connectivity index (χ0) is 31.5. The molecule has 2 N–H and O–H groups in total. The van der Waals surface area contributed by atoms with Gasteiger partial charge in [0.25, 0.3) is 15.9 Å². The molecule has 0 radical (unpaired) electrons. The number of nitrogens with zero attached hydrogens (tertiary/aromatic N) is 1. The van der Waals surface area contributed by atoms with Crippen molar-refractivity contribution in [2.45, 2.75) is 31.1 Å². The first-order valence-electron chi connectivity index (χ1n) is 13.9. The zero-order valence-electron chi connectivity index (χ0n) is 24.5. The third-order valence-corrected chi connectivity index (χ3v) is 8.69. The molecule has 0 aliphatic carbocycles. The molecular weight excluding hydrogens is 585 g/mol. The van der Waals surface area contributed by atoms with Gasteiger partial charge in [-0.2, -0.15) is 0 Å². The van der Waals surface area contributed by atoms with Gasteiger partial charge in [0.15, 0.2) is 11.5 Å². The van der Waals surface area contributed by atoms with Crippen LogP contribution in [0, 0.1) is 5.82 Å². The molecule has 0 unspecified atom stereocenters. The normalized spacial score (nSPS) is 12.7. The average Bonchev–Trinajstić information content (AvgIpc) is 3.00. The number of benzene rings is 4. The molecule has 0 bridgehead atoms. The predicted octanol–water partition coefficient (Wildman–Crippen LogP) is 5.98. The van der Waals surface area contributed by atoms with E-state index in [1.807, 2.05) is 12.1 Å². The number of ether oxygens (including phenoxy) is 2. The van der Waals surface area contributed by atoms with E-state index in [1.165, 1.54) is 30.3 Å². The number of rotatable bonds is 8. The standard InChI is InChI=1S/C33H32FN3O6S/c1-33(2,3)23-9-7-22(8-10-23)32(39)36-26-6-4-5-25(19-26)35-31(38)21-37(27-13-11-24(34)12-14-27)44(40,41)28-15-16-29-30(20-28)43-18-17-42-29/h4-16,19-20H,17-18,21H2,1-3H3,(H,35,38)(H,36,39). The maximum atomic E-state index is 13.8. The average molecular weight is 618 g/mol. The van der Waals surface area contributed by atoms with Gasteiger partial charge in [0.1, 0.15) is 25.6 Å². The molecule has 0 spiro atoms. The summed E-state index contributed by atoms with van der Waals surface area (Å²) in [6.07, 6.45) is 0. The van der Waals surface area contributed by atoms with Crippen LogP contribution in [-0.4, -0.2) is 40.0 Å². The van der Waals surface area contributed by atoms with E-state index in [0.29, 0.717) is 29.3 Å². The van der Waals surface area contributed by atoms with Gasteiger partial charge >= 0.3 is 0 Å². The Morgan fingerprint density at radius 3 is 2.11 bits per heavy atom. The van der Waals surface area contributed by atoms with Crippen LogP contribution in [0.2, 0.25) is 0 Å². The number of halogens is 1. The SMILES string of the molecule is CC(C)(C)c1ccc(C(=O)Nc2cccc(NC(=O)CN(c3ccc(F)cc3)S(=O)(=O)c3ccc4c(c3)OCCO4)c2)cc1. The Bertz CT molecular complexity index is 1790. The molecule has 2 amide bonds. The van der Waals surface area contributed by atoms with Crippen molar-refractivity contribution in [1.29, 1.82) is 0 Å². The summed E-state index contributed by atoms with van der Waals surface area (Å²) in [7, 11) is -4.30. The molecule has 4 aromatic carbocycles. The summed E-state index contributed by atoms with van der Waals surface area (Å²) in [6, 6.07) is 22.8. The predicted molar refractivity (Wildman–Crippen MR) is 167 cm³/mol. The number of sulfonamides is 1. The molecule has 0 aromatic heterocycles. The molecule has 11 heteroatoms. The molecular formula is C33H32FN3O6S. The monoisotopic (exact) mass is 617 g/mol. The molecule has 0 fully saturated rings. The Balaban J connectivity index is 1.33. The highest BCUT2D eigenvalue weighted by molar-refractivity contribution is 7.92. The maximum Gasteiger partial charge on any atom is 0.264 e. The second-order valence-electron chi connectivity index (χ2n) is 11.2.